The maximum Gasteiger partial charge on any atom is 0.189 e. The van der Waals surface area contributed by atoms with Crippen LogP contribution in [0.3, 0.4) is 0 Å². The van der Waals surface area contributed by atoms with Crippen LogP contribution in [0.4, 0.5) is 0 Å². The summed E-state index contributed by atoms with van der Waals surface area (Å²) in [7, 11) is 1.45. The van der Waals surface area contributed by atoms with Gasteiger partial charge in [-0.1, -0.05) is 28.1 Å². The second-order valence-corrected chi connectivity index (χ2v) is 5.21. The number of phenolic OH excluding ortho intramolecular Hbond substituents is 2. The molecule has 0 aromatic heterocycles. The summed E-state index contributed by atoms with van der Waals surface area (Å²) in [5.74, 6) is -0.0301. The fourth-order valence-electron chi connectivity index (χ4n) is 1.77. The lowest BCUT2D eigenvalue weighted by Gasteiger charge is -2.04. The van der Waals surface area contributed by atoms with Crippen LogP contribution >= 0.6 is 15.9 Å². The zero-order valence-corrected chi connectivity index (χ0v) is 12.8. The van der Waals surface area contributed by atoms with E-state index in [1.807, 2.05) is 0 Å². The number of benzene rings is 2. The van der Waals surface area contributed by atoms with Crippen LogP contribution in [0.15, 0.2) is 46.9 Å². The maximum atomic E-state index is 12.1. The van der Waals surface area contributed by atoms with Crippen molar-refractivity contribution in [3.8, 4) is 17.2 Å². The number of hydrogen-bond acceptors (Lipinski definition) is 4. The third-order valence-electron chi connectivity index (χ3n) is 2.85. The molecule has 0 atom stereocenters. The van der Waals surface area contributed by atoms with Crippen molar-refractivity contribution in [1.82, 2.24) is 0 Å². The highest BCUT2D eigenvalue weighted by Crippen LogP contribution is 2.27. The number of phenols is 2. The minimum Gasteiger partial charge on any atom is -0.507 e. The van der Waals surface area contributed by atoms with Gasteiger partial charge in [-0.05, 0) is 42.0 Å². The van der Waals surface area contributed by atoms with E-state index in [4.69, 9.17) is 4.74 Å². The highest BCUT2D eigenvalue weighted by atomic mass is 79.9. The lowest BCUT2D eigenvalue weighted by Crippen LogP contribution is -1.95. The van der Waals surface area contributed by atoms with E-state index in [1.54, 1.807) is 30.3 Å². The van der Waals surface area contributed by atoms with Crippen LogP contribution in [-0.4, -0.2) is 23.1 Å². The number of hydrogen-bond donors (Lipinski definition) is 2. The molecule has 21 heavy (non-hydrogen) atoms. The lowest BCUT2D eigenvalue weighted by molar-refractivity contribution is 0.104. The molecule has 0 heterocycles. The van der Waals surface area contributed by atoms with Crippen molar-refractivity contribution >= 4 is 27.8 Å². The molecule has 2 rings (SSSR count). The van der Waals surface area contributed by atoms with Crippen LogP contribution in [0.25, 0.3) is 6.08 Å². The molecule has 2 aromatic rings. The van der Waals surface area contributed by atoms with Crippen LogP contribution in [0.2, 0.25) is 0 Å². The number of methoxy groups -OCH3 is 1. The second kappa shape index (κ2) is 6.45. The first-order valence-electron chi connectivity index (χ1n) is 6.09. The van der Waals surface area contributed by atoms with E-state index < -0.39 is 0 Å². The summed E-state index contributed by atoms with van der Waals surface area (Å²) < 4.78 is 5.71. The van der Waals surface area contributed by atoms with E-state index in [1.165, 1.54) is 25.3 Å². The summed E-state index contributed by atoms with van der Waals surface area (Å²) in [5, 5.41) is 19.2. The molecule has 0 unspecified atom stereocenters. The molecular weight excluding hydrogens is 336 g/mol. The predicted molar refractivity (Wildman–Crippen MR) is 83.8 cm³/mol. The van der Waals surface area contributed by atoms with E-state index in [-0.39, 0.29) is 22.8 Å². The van der Waals surface area contributed by atoms with Crippen LogP contribution in [0, 0.1) is 0 Å². The Bertz CT molecular complexity index is 707. The number of rotatable bonds is 4. The molecule has 0 radical (unpaired) electrons. The van der Waals surface area contributed by atoms with Crippen molar-refractivity contribution in [1.29, 1.82) is 0 Å². The number of allylic oxidation sites excluding steroid dienone is 1. The van der Waals surface area contributed by atoms with Crippen LogP contribution < -0.4 is 4.74 Å². The van der Waals surface area contributed by atoms with Gasteiger partial charge >= 0.3 is 0 Å². The summed E-state index contributed by atoms with van der Waals surface area (Å²) in [5.41, 5.74) is 0.916. The molecule has 2 N–H and O–H groups in total. The van der Waals surface area contributed by atoms with Crippen molar-refractivity contribution in [2.75, 3.05) is 7.11 Å². The number of aromatic hydroxyl groups is 2. The van der Waals surface area contributed by atoms with Crippen molar-refractivity contribution in [2.45, 2.75) is 0 Å². The van der Waals surface area contributed by atoms with Crippen LogP contribution in [0.1, 0.15) is 15.9 Å². The van der Waals surface area contributed by atoms with Crippen molar-refractivity contribution in [3.63, 3.8) is 0 Å². The molecule has 0 amide bonds. The Kier molecular flexibility index (Phi) is 4.65. The smallest absolute Gasteiger partial charge is 0.189 e. The Labute approximate surface area is 130 Å². The Morgan fingerprint density at radius 2 is 1.86 bits per heavy atom. The normalized spacial score (nSPS) is 10.8. The quantitative estimate of drug-likeness (QED) is 0.652. The summed E-state index contributed by atoms with van der Waals surface area (Å²) in [6.45, 7) is 0. The maximum absolute atomic E-state index is 12.1. The molecule has 4 nitrogen and oxygen atoms in total. The van der Waals surface area contributed by atoms with Gasteiger partial charge in [-0.2, -0.15) is 0 Å². The van der Waals surface area contributed by atoms with E-state index in [9.17, 15) is 15.0 Å². The monoisotopic (exact) mass is 348 g/mol. The Morgan fingerprint density at radius 1 is 1.14 bits per heavy atom. The van der Waals surface area contributed by atoms with Gasteiger partial charge in [0.25, 0.3) is 0 Å². The third-order valence-corrected chi connectivity index (χ3v) is 3.35. The van der Waals surface area contributed by atoms with Crippen LogP contribution in [0.5, 0.6) is 17.2 Å². The average Bonchev–Trinajstić information content (AvgIpc) is 2.48. The first kappa shape index (κ1) is 15.1. The Balaban J connectivity index is 2.24. The first-order chi connectivity index (χ1) is 10.0. The number of ketones is 1. The summed E-state index contributed by atoms with van der Waals surface area (Å²) in [6, 6.07) is 9.41. The highest BCUT2D eigenvalue weighted by molar-refractivity contribution is 9.10. The molecule has 5 heteroatoms. The van der Waals surface area contributed by atoms with Gasteiger partial charge in [-0.25, -0.2) is 0 Å². The molecule has 0 aliphatic heterocycles. The van der Waals surface area contributed by atoms with E-state index in [2.05, 4.69) is 15.9 Å². The van der Waals surface area contributed by atoms with Gasteiger partial charge < -0.3 is 14.9 Å². The zero-order valence-electron chi connectivity index (χ0n) is 11.2. The lowest BCUT2D eigenvalue weighted by atomic mass is 10.1. The fraction of sp³-hybridized carbons (Fsp3) is 0.0625. The molecule has 0 aliphatic rings. The molecule has 0 saturated heterocycles. The van der Waals surface area contributed by atoms with Gasteiger partial charge in [0.2, 0.25) is 0 Å². The SMILES string of the molecule is COc1cc(C=CC(=O)c2cc(Br)ccc2O)ccc1O. The van der Waals surface area contributed by atoms with Crippen molar-refractivity contribution in [2.24, 2.45) is 0 Å². The van der Waals surface area contributed by atoms with E-state index in [0.29, 0.717) is 15.8 Å². The highest BCUT2D eigenvalue weighted by Gasteiger charge is 2.09. The first-order valence-corrected chi connectivity index (χ1v) is 6.88. The number of carbonyl (C=O) groups is 1. The second-order valence-electron chi connectivity index (χ2n) is 4.29. The van der Waals surface area contributed by atoms with Gasteiger partial charge in [-0.15, -0.1) is 0 Å². The summed E-state index contributed by atoms with van der Waals surface area (Å²) in [6.07, 6.45) is 2.94. The largest absolute Gasteiger partial charge is 0.507 e. The van der Waals surface area contributed by atoms with Crippen LogP contribution in [-0.2, 0) is 0 Å². The summed E-state index contributed by atoms with van der Waals surface area (Å²) >= 11 is 3.26. The minimum absolute atomic E-state index is 0.0330. The number of halogens is 1. The van der Waals surface area contributed by atoms with Gasteiger partial charge in [0.05, 0.1) is 12.7 Å². The van der Waals surface area contributed by atoms with E-state index >= 15 is 0 Å². The van der Waals surface area contributed by atoms with Gasteiger partial charge in [0.15, 0.2) is 17.3 Å². The zero-order chi connectivity index (χ0) is 15.4. The summed E-state index contributed by atoms with van der Waals surface area (Å²) in [4.78, 5) is 12.1. The van der Waals surface area contributed by atoms with Gasteiger partial charge in [0.1, 0.15) is 5.75 Å². The topological polar surface area (TPSA) is 66.8 Å². The number of carbonyl (C=O) groups excluding carboxylic acids is 1. The molecule has 2 aromatic carbocycles. The molecule has 108 valence electrons. The van der Waals surface area contributed by atoms with Gasteiger partial charge in [0, 0.05) is 4.47 Å². The Morgan fingerprint density at radius 3 is 2.57 bits per heavy atom. The number of ether oxygens (including phenoxy) is 1. The molecule has 0 spiro atoms. The fourth-order valence-corrected chi connectivity index (χ4v) is 2.13. The molecular formula is C16H13BrO4. The standard InChI is InChI=1S/C16H13BrO4/c1-21-16-8-10(3-6-15(16)20)2-5-13(18)12-9-11(17)4-7-14(12)19/h2-9,19-20H,1H3. The Hall–Kier alpha value is -2.27. The average molecular weight is 349 g/mol. The van der Waals surface area contributed by atoms with Crippen molar-refractivity contribution < 1.29 is 19.7 Å². The molecule has 0 fully saturated rings. The predicted octanol–water partition coefficient (Wildman–Crippen LogP) is 3.77. The van der Waals surface area contributed by atoms with E-state index in [0.717, 1.165) is 0 Å². The third kappa shape index (κ3) is 3.64. The van der Waals surface area contributed by atoms with Gasteiger partial charge in [-0.3, -0.25) is 4.79 Å². The molecule has 0 bridgehead atoms. The molecule has 0 saturated carbocycles. The minimum atomic E-state index is -0.319. The molecule has 0 aliphatic carbocycles. The van der Waals surface area contributed by atoms with Crippen molar-refractivity contribution in [3.05, 3.63) is 58.1 Å².